The second kappa shape index (κ2) is 6.82. The van der Waals surface area contributed by atoms with E-state index in [2.05, 4.69) is 40.3 Å². The lowest BCUT2D eigenvalue weighted by molar-refractivity contribution is 0.437. The summed E-state index contributed by atoms with van der Waals surface area (Å²) >= 11 is 4.40. The van der Waals surface area contributed by atoms with E-state index in [0.717, 1.165) is 11.8 Å². The van der Waals surface area contributed by atoms with Crippen LogP contribution >= 0.6 is 12.6 Å². The molecule has 0 amide bonds. The largest absolute Gasteiger partial charge is 0.176 e. The van der Waals surface area contributed by atoms with Gasteiger partial charge in [-0.25, -0.2) is 0 Å². The molecule has 0 heterocycles. The Morgan fingerprint density at radius 3 is 2.00 bits per heavy atom. The van der Waals surface area contributed by atoms with Crippen LogP contribution in [0.5, 0.6) is 0 Å². The van der Waals surface area contributed by atoms with E-state index in [9.17, 15) is 0 Å². The fraction of sp³-hybridized carbons (Fsp3) is 1.00. The highest BCUT2D eigenvalue weighted by molar-refractivity contribution is 7.80. The van der Waals surface area contributed by atoms with Crippen molar-refractivity contribution in [2.45, 2.75) is 58.6 Å². The smallest absolute Gasteiger partial charge is 0.000905 e. The molecule has 1 heteroatoms. The van der Waals surface area contributed by atoms with Crippen molar-refractivity contribution in [1.82, 2.24) is 0 Å². The van der Waals surface area contributed by atoms with Crippen molar-refractivity contribution in [3.8, 4) is 0 Å². The second-order valence-electron chi connectivity index (χ2n) is 4.51. The molecule has 0 aliphatic heterocycles. The van der Waals surface area contributed by atoms with Crippen molar-refractivity contribution < 1.29 is 0 Å². The van der Waals surface area contributed by atoms with Crippen molar-refractivity contribution >= 4 is 12.6 Å². The van der Waals surface area contributed by atoms with Crippen molar-refractivity contribution in [1.29, 1.82) is 0 Å². The predicted octanol–water partition coefficient (Wildman–Crippen LogP) is 4.16. The van der Waals surface area contributed by atoms with Crippen LogP contribution in [0.4, 0.5) is 0 Å². The molecule has 0 radical (unpaired) electrons. The van der Waals surface area contributed by atoms with Gasteiger partial charge in [-0.1, -0.05) is 47.0 Å². The zero-order valence-electron chi connectivity index (χ0n) is 9.01. The van der Waals surface area contributed by atoms with E-state index in [1.165, 1.54) is 25.7 Å². The van der Waals surface area contributed by atoms with Gasteiger partial charge in [0.15, 0.2) is 0 Å². The highest BCUT2D eigenvalue weighted by Crippen LogP contribution is 2.18. The maximum atomic E-state index is 4.40. The topological polar surface area (TPSA) is 0 Å². The van der Waals surface area contributed by atoms with Gasteiger partial charge in [0.25, 0.3) is 0 Å². The summed E-state index contributed by atoms with van der Waals surface area (Å²) in [6.45, 7) is 9.12. The Bertz CT molecular complexity index is 97.2. The monoisotopic (exact) mass is 188 g/mol. The van der Waals surface area contributed by atoms with Gasteiger partial charge in [-0.2, -0.15) is 12.6 Å². The lowest BCUT2D eigenvalue weighted by Crippen LogP contribution is -2.02. The average molecular weight is 188 g/mol. The molecule has 0 saturated carbocycles. The Balaban J connectivity index is 3.25. The van der Waals surface area contributed by atoms with Gasteiger partial charge in [0.2, 0.25) is 0 Å². The van der Waals surface area contributed by atoms with Crippen LogP contribution in [-0.2, 0) is 0 Å². The van der Waals surface area contributed by atoms with E-state index in [0.29, 0.717) is 5.25 Å². The van der Waals surface area contributed by atoms with Gasteiger partial charge < -0.3 is 0 Å². The fourth-order valence-corrected chi connectivity index (χ4v) is 1.93. The standard InChI is InChI=1S/C11H24S/c1-9(2)6-5-7-10(3)8-11(4)12/h9-12H,5-8H2,1-4H3. The van der Waals surface area contributed by atoms with Gasteiger partial charge in [0.05, 0.1) is 0 Å². The van der Waals surface area contributed by atoms with Gasteiger partial charge in [-0.3, -0.25) is 0 Å². The van der Waals surface area contributed by atoms with Crippen LogP contribution in [0.25, 0.3) is 0 Å². The quantitative estimate of drug-likeness (QED) is 0.595. The Hall–Kier alpha value is 0.350. The van der Waals surface area contributed by atoms with E-state index in [-0.39, 0.29) is 0 Å². The molecule has 0 aliphatic rings. The first-order valence-corrected chi connectivity index (χ1v) is 5.72. The molecule has 0 fully saturated rings. The first-order valence-electron chi connectivity index (χ1n) is 5.20. The minimum absolute atomic E-state index is 0.569. The number of hydrogen-bond acceptors (Lipinski definition) is 1. The summed E-state index contributed by atoms with van der Waals surface area (Å²) < 4.78 is 0. The molecule has 0 nitrogen and oxygen atoms in total. The normalized spacial score (nSPS) is 16.5. The zero-order chi connectivity index (χ0) is 9.56. The van der Waals surface area contributed by atoms with E-state index >= 15 is 0 Å². The van der Waals surface area contributed by atoms with Gasteiger partial charge >= 0.3 is 0 Å². The van der Waals surface area contributed by atoms with Crippen LogP contribution in [0.3, 0.4) is 0 Å². The Labute approximate surface area is 83.5 Å². The maximum Gasteiger partial charge on any atom is -0.000905 e. The average Bonchev–Trinajstić information content (AvgIpc) is 1.84. The van der Waals surface area contributed by atoms with E-state index in [1.54, 1.807) is 0 Å². The summed E-state index contributed by atoms with van der Waals surface area (Å²) in [6.07, 6.45) is 5.41. The van der Waals surface area contributed by atoms with Crippen LogP contribution < -0.4 is 0 Å². The molecule has 0 N–H and O–H groups in total. The number of hydrogen-bond donors (Lipinski definition) is 1. The van der Waals surface area contributed by atoms with Crippen LogP contribution in [0, 0.1) is 11.8 Å². The summed E-state index contributed by atoms with van der Waals surface area (Å²) in [4.78, 5) is 0. The Morgan fingerprint density at radius 2 is 1.58 bits per heavy atom. The first-order chi connectivity index (χ1) is 5.52. The lowest BCUT2D eigenvalue weighted by atomic mass is 9.96. The molecule has 2 atom stereocenters. The minimum Gasteiger partial charge on any atom is -0.176 e. The summed E-state index contributed by atoms with van der Waals surface area (Å²) in [5, 5.41) is 0.569. The predicted molar refractivity (Wildman–Crippen MR) is 60.9 cm³/mol. The molecule has 0 saturated heterocycles. The molecular weight excluding hydrogens is 164 g/mol. The third-order valence-corrected chi connectivity index (χ3v) is 2.43. The van der Waals surface area contributed by atoms with Crippen molar-refractivity contribution in [3.05, 3.63) is 0 Å². The lowest BCUT2D eigenvalue weighted by Gasteiger charge is -2.13. The number of thiol groups is 1. The van der Waals surface area contributed by atoms with Crippen LogP contribution in [0.15, 0.2) is 0 Å². The summed E-state index contributed by atoms with van der Waals surface area (Å²) in [5.74, 6) is 1.72. The van der Waals surface area contributed by atoms with E-state index in [4.69, 9.17) is 0 Å². The Kier molecular flexibility index (Phi) is 7.02. The third-order valence-electron chi connectivity index (χ3n) is 2.22. The highest BCUT2D eigenvalue weighted by Gasteiger charge is 2.05. The van der Waals surface area contributed by atoms with Crippen molar-refractivity contribution in [2.75, 3.05) is 0 Å². The molecule has 0 aliphatic carbocycles. The molecule has 12 heavy (non-hydrogen) atoms. The summed E-state index contributed by atoms with van der Waals surface area (Å²) in [6, 6.07) is 0. The summed E-state index contributed by atoms with van der Waals surface area (Å²) in [7, 11) is 0. The molecule has 0 aromatic carbocycles. The first kappa shape index (κ1) is 12.3. The number of rotatable bonds is 6. The molecule has 0 aromatic rings. The second-order valence-corrected chi connectivity index (χ2v) is 5.40. The third kappa shape index (κ3) is 8.45. The van der Waals surface area contributed by atoms with Crippen molar-refractivity contribution in [2.24, 2.45) is 11.8 Å². The molecule has 0 aromatic heterocycles. The molecule has 2 unspecified atom stereocenters. The van der Waals surface area contributed by atoms with Crippen LogP contribution in [0.1, 0.15) is 53.4 Å². The SMILES string of the molecule is CC(C)CCCC(C)CC(C)S. The Morgan fingerprint density at radius 1 is 1.00 bits per heavy atom. The molecule has 74 valence electrons. The van der Waals surface area contributed by atoms with Gasteiger partial charge in [0.1, 0.15) is 0 Å². The van der Waals surface area contributed by atoms with Gasteiger partial charge in [0, 0.05) is 0 Å². The zero-order valence-corrected chi connectivity index (χ0v) is 9.90. The van der Waals surface area contributed by atoms with Crippen LogP contribution in [0.2, 0.25) is 0 Å². The molecule has 0 spiro atoms. The molecule has 0 bridgehead atoms. The van der Waals surface area contributed by atoms with Crippen LogP contribution in [-0.4, -0.2) is 5.25 Å². The molecule has 0 rings (SSSR count). The van der Waals surface area contributed by atoms with Gasteiger partial charge in [-0.15, -0.1) is 0 Å². The minimum atomic E-state index is 0.569. The maximum absolute atomic E-state index is 4.40. The fourth-order valence-electron chi connectivity index (χ4n) is 1.57. The molecular formula is C11H24S. The van der Waals surface area contributed by atoms with E-state index < -0.39 is 0 Å². The van der Waals surface area contributed by atoms with Crippen molar-refractivity contribution in [3.63, 3.8) is 0 Å². The highest BCUT2D eigenvalue weighted by atomic mass is 32.1. The van der Waals surface area contributed by atoms with Gasteiger partial charge in [-0.05, 0) is 23.5 Å². The summed E-state index contributed by atoms with van der Waals surface area (Å²) in [5.41, 5.74) is 0. The van der Waals surface area contributed by atoms with E-state index in [1.807, 2.05) is 0 Å².